The molecule has 2 atom stereocenters. The van der Waals surface area contributed by atoms with Crippen molar-refractivity contribution < 1.29 is 9.53 Å². The molecule has 0 N–H and O–H groups in total. The molecule has 94 valence electrons. The molecule has 1 aromatic rings. The third kappa shape index (κ3) is 3.34. The van der Waals surface area contributed by atoms with Gasteiger partial charge in [0.25, 0.3) is 0 Å². The summed E-state index contributed by atoms with van der Waals surface area (Å²) in [5, 5.41) is 0.772. The van der Waals surface area contributed by atoms with Crippen molar-refractivity contribution in [2.45, 2.75) is 25.4 Å². The number of hydrogen-bond acceptors (Lipinski definition) is 2. The number of hydrogen-bond donors (Lipinski definition) is 0. The van der Waals surface area contributed by atoms with Crippen molar-refractivity contribution in [2.24, 2.45) is 0 Å². The summed E-state index contributed by atoms with van der Waals surface area (Å²) < 4.78 is 5.16. The number of halogens is 2. The van der Waals surface area contributed by atoms with Gasteiger partial charge in [-0.3, -0.25) is 4.79 Å². The lowest BCUT2D eigenvalue weighted by molar-refractivity contribution is 0.0983. The minimum Gasteiger partial charge on any atom is -0.494 e. The summed E-state index contributed by atoms with van der Waals surface area (Å²) in [4.78, 5) is 12.2. The SMILES string of the molecule is CCCC(P)C(=O)c1c(Cl)ccc(Cl)c1OC. The molecule has 0 aliphatic heterocycles. The van der Waals surface area contributed by atoms with E-state index in [1.54, 1.807) is 12.1 Å². The van der Waals surface area contributed by atoms with E-state index in [0.717, 1.165) is 12.8 Å². The van der Waals surface area contributed by atoms with Crippen LogP contribution in [0.2, 0.25) is 10.0 Å². The highest BCUT2D eigenvalue weighted by atomic mass is 35.5. The molecular weight excluding hydrogens is 278 g/mol. The van der Waals surface area contributed by atoms with Crippen molar-refractivity contribution in [3.8, 4) is 5.75 Å². The molecule has 0 aliphatic rings. The average molecular weight is 293 g/mol. The van der Waals surface area contributed by atoms with Crippen LogP contribution in [0.25, 0.3) is 0 Å². The summed E-state index contributed by atoms with van der Waals surface area (Å²) in [5.74, 6) is 0.300. The number of rotatable bonds is 5. The molecule has 17 heavy (non-hydrogen) atoms. The third-order valence-electron chi connectivity index (χ3n) is 2.45. The number of ketones is 1. The van der Waals surface area contributed by atoms with Gasteiger partial charge < -0.3 is 4.74 Å². The van der Waals surface area contributed by atoms with Crippen molar-refractivity contribution in [3.63, 3.8) is 0 Å². The van der Waals surface area contributed by atoms with Crippen LogP contribution in [-0.4, -0.2) is 18.6 Å². The number of Topliss-reactive ketones (excluding diaryl/α,β-unsaturated/α-hetero) is 1. The fourth-order valence-corrected chi connectivity index (χ4v) is 2.57. The summed E-state index contributed by atoms with van der Waals surface area (Å²) in [7, 11) is 4.02. The van der Waals surface area contributed by atoms with Crippen LogP contribution in [0.3, 0.4) is 0 Å². The molecule has 1 aromatic carbocycles. The molecule has 0 fully saturated rings. The van der Waals surface area contributed by atoms with Crippen LogP contribution in [0.1, 0.15) is 30.1 Å². The molecule has 0 aromatic heterocycles. The molecular formula is C12H15Cl2O2P. The molecule has 1 rings (SSSR count). The summed E-state index contributed by atoms with van der Waals surface area (Å²) in [5.41, 5.74) is 0.208. The molecule has 0 radical (unpaired) electrons. The van der Waals surface area contributed by atoms with Crippen molar-refractivity contribution in [3.05, 3.63) is 27.7 Å². The van der Waals surface area contributed by atoms with Gasteiger partial charge in [-0.05, 0) is 18.6 Å². The maximum Gasteiger partial charge on any atom is 0.174 e. The van der Waals surface area contributed by atoms with E-state index in [-0.39, 0.29) is 11.4 Å². The van der Waals surface area contributed by atoms with E-state index >= 15 is 0 Å². The molecule has 2 nitrogen and oxygen atoms in total. The van der Waals surface area contributed by atoms with Gasteiger partial charge >= 0.3 is 0 Å². The van der Waals surface area contributed by atoms with Crippen molar-refractivity contribution in [2.75, 3.05) is 7.11 Å². The molecule has 5 heteroatoms. The van der Waals surface area contributed by atoms with Gasteiger partial charge in [-0.25, -0.2) is 0 Å². The van der Waals surface area contributed by atoms with Crippen LogP contribution in [0, 0.1) is 0 Å². The van der Waals surface area contributed by atoms with Crippen molar-refractivity contribution in [1.82, 2.24) is 0 Å². The summed E-state index contributed by atoms with van der Waals surface area (Å²) in [6.07, 6.45) is 1.72. The lowest BCUT2D eigenvalue weighted by Crippen LogP contribution is -2.15. The molecule has 0 spiro atoms. The maximum absolute atomic E-state index is 12.2. The first-order chi connectivity index (χ1) is 8.02. The summed E-state index contributed by atoms with van der Waals surface area (Å²) >= 11 is 12.0. The summed E-state index contributed by atoms with van der Waals surface area (Å²) in [6.45, 7) is 2.03. The highest BCUT2D eigenvalue weighted by Gasteiger charge is 2.23. The first-order valence-corrected chi connectivity index (χ1v) is 6.77. The first-order valence-electron chi connectivity index (χ1n) is 5.34. The fraction of sp³-hybridized carbons (Fsp3) is 0.417. The minimum atomic E-state index is -0.162. The number of benzene rings is 1. The summed E-state index contributed by atoms with van der Waals surface area (Å²) in [6, 6.07) is 3.24. The van der Waals surface area contributed by atoms with Gasteiger partial charge in [-0.1, -0.05) is 36.5 Å². The van der Waals surface area contributed by atoms with E-state index in [0.29, 0.717) is 21.4 Å². The Hall–Kier alpha value is -0.300. The Kier molecular flexibility index (Phi) is 5.72. The van der Waals surface area contributed by atoms with Crippen LogP contribution in [0.5, 0.6) is 5.75 Å². The van der Waals surface area contributed by atoms with Gasteiger partial charge in [0.05, 0.1) is 22.7 Å². The van der Waals surface area contributed by atoms with Crippen molar-refractivity contribution in [1.29, 1.82) is 0 Å². The van der Waals surface area contributed by atoms with Gasteiger partial charge in [-0.2, -0.15) is 0 Å². The smallest absolute Gasteiger partial charge is 0.174 e. The second-order valence-corrected chi connectivity index (χ2v) is 5.32. The molecule has 2 unspecified atom stereocenters. The van der Waals surface area contributed by atoms with Crippen LogP contribution in [0.4, 0.5) is 0 Å². The Morgan fingerprint density at radius 2 is 2.00 bits per heavy atom. The monoisotopic (exact) mass is 292 g/mol. The minimum absolute atomic E-state index is 0.0544. The van der Waals surface area contributed by atoms with E-state index in [4.69, 9.17) is 27.9 Å². The van der Waals surface area contributed by atoms with E-state index in [2.05, 4.69) is 9.24 Å². The second-order valence-electron chi connectivity index (χ2n) is 3.70. The maximum atomic E-state index is 12.2. The largest absolute Gasteiger partial charge is 0.494 e. The lowest BCUT2D eigenvalue weighted by atomic mass is 10.0. The van der Waals surface area contributed by atoms with Gasteiger partial charge in [0.15, 0.2) is 5.78 Å². The van der Waals surface area contributed by atoms with Crippen LogP contribution >= 0.6 is 32.4 Å². The lowest BCUT2D eigenvalue weighted by Gasteiger charge is -2.14. The van der Waals surface area contributed by atoms with Crippen LogP contribution < -0.4 is 4.74 Å². The van der Waals surface area contributed by atoms with Gasteiger partial charge in [0, 0.05) is 5.66 Å². The van der Waals surface area contributed by atoms with E-state index in [9.17, 15) is 4.79 Å². The Labute approximate surface area is 114 Å². The van der Waals surface area contributed by atoms with Crippen molar-refractivity contribution >= 4 is 38.2 Å². The zero-order valence-corrected chi connectivity index (χ0v) is 12.5. The highest BCUT2D eigenvalue weighted by molar-refractivity contribution is 7.19. The predicted octanol–water partition coefficient (Wildman–Crippen LogP) is 4.23. The Balaban J connectivity index is 3.20. The molecule has 0 aliphatic carbocycles. The quantitative estimate of drug-likeness (QED) is 0.600. The van der Waals surface area contributed by atoms with E-state index in [1.807, 2.05) is 6.92 Å². The van der Waals surface area contributed by atoms with Crippen LogP contribution in [-0.2, 0) is 0 Å². The zero-order chi connectivity index (χ0) is 13.0. The average Bonchev–Trinajstić information content (AvgIpc) is 2.31. The zero-order valence-electron chi connectivity index (χ0n) is 9.80. The topological polar surface area (TPSA) is 26.3 Å². The normalized spacial score (nSPS) is 12.3. The molecule has 0 amide bonds. The Morgan fingerprint density at radius 1 is 1.41 bits per heavy atom. The Bertz CT molecular complexity index is 421. The molecule has 0 saturated carbocycles. The standard InChI is InChI=1S/C12H15Cl2O2P/c1-3-4-9(17)11(15)10-7(13)5-6-8(14)12(10)16-2/h5-6,9H,3-4,17H2,1-2H3. The predicted molar refractivity (Wildman–Crippen MR) is 75.8 cm³/mol. The van der Waals surface area contributed by atoms with Gasteiger partial charge in [-0.15, -0.1) is 9.24 Å². The highest BCUT2D eigenvalue weighted by Crippen LogP contribution is 2.35. The number of ether oxygens (including phenoxy) is 1. The number of carbonyl (C=O) groups is 1. The Morgan fingerprint density at radius 3 is 2.53 bits per heavy atom. The van der Waals surface area contributed by atoms with E-state index < -0.39 is 0 Å². The number of carbonyl (C=O) groups excluding carboxylic acids is 1. The third-order valence-corrected chi connectivity index (χ3v) is 3.69. The molecule has 0 heterocycles. The van der Waals surface area contributed by atoms with Gasteiger partial charge in [0.2, 0.25) is 0 Å². The molecule has 0 bridgehead atoms. The number of methoxy groups -OCH3 is 1. The van der Waals surface area contributed by atoms with Crippen LogP contribution in [0.15, 0.2) is 12.1 Å². The van der Waals surface area contributed by atoms with E-state index in [1.165, 1.54) is 7.11 Å². The molecule has 0 saturated heterocycles. The first kappa shape index (κ1) is 14.8. The second kappa shape index (κ2) is 6.58. The fourth-order valence-electron chi connectivity index (χ4n) is 1.59. The van der Waals surface area contributed by atoms with Gasteiger partial charge in [0.1, 0.15) is 5.75 Å².